The number of rotatable bonds is 8. The first-order valence-electron chi connectivity index (χ1n) is 7.99. The molecule has 0 atom stereocenters. The molecular formula is C17H29N3O. The van der Waals surface area contributed by atoms with Crippen LogP contribution in [-0.4, -0.2) is 25.5 Å². The lowest BCUT2D eigenvalue weighted by atomic mass is 10.0. The summed E-state index contributed by atoms with van der Waals surface area (Å²) in [6.45, 7) is 10.9. The van der Waals surface area contributed by atoms with E-state index in [2.05, 4.69) is 31.0 Å². The van der Waals surface area contributed by atoms with Gasteiger partial charge in [-0.25, -0.2) is 0 Å². The van der Waals surface area contributed by atoms with Crippen LogP contribution in [0.5, 0.6) is 0 Å². The molecule has 1 rings (SSSR count). The van der Waals surface area contributed by atoms with Crippen LogP contribution in [0.25, 0.3) is 0 Å². The van der Waals surface area contributed by atoms with Gasteiger partial charge in [0.05, 0.1) is 11.3 Å². The van der Waals surface area contributed by atoms with Gasteiger partial charge in [0, 0.05) is 25.3 Å². The molecule has 0 aliphatic carbocycles. The highest BCUT2D eigenvalue weighted by Gasteiger charge is 2.18. The number of carbonyl (C=O) groups is 1. The fourth-order valence-electron chi connectivity index (χ4n) is 2.51. The molecule has 0 aromatic heterocycles. The normalized spacial score (nSPS) is 10.7. The number of hydrogen-bond acceptors (Lipinski definition) is 3. The van der Waals surface area contributed by atoms with E-state index < -0.39 is 0 Å². The zero-order chi connectivity index (χ0) is 15.8. The molecule has 0 unspecified atom stereocenters. The van der Waals surface area contributed by atoms with Gasteiger partial charge in [0.1, 0.15) is 0 Å². The van der Waals surface area contributed by atoms with E-state index in [0.717, 1.165) is 31.6 Å². The van der Waals surface area contributed by atoms with Gasteiger partial charge in [0.15, 0.2) is 0 Å². The third-order valence-electron chi connectivity index (χ3n) is 3.96. The van der Waals surface area contributed by atoms with Gasteiger partial charge < -0.3 is 16.0 Å². The number of nitrogens with one attached hydrogen (secondary N) is 1. The van der Waals surface area contributed by atoms with Gasteiger partial charge in [-0.15, -0.1) is 0 Å². The van der Waals surface area contributed by atoms with E-state index in [1.807, 2.05) is 19.1 Å². The molecule has 0 fully saturated rings. The molecule has 1 amide bonds. The molecular weight excluding hydrogens is 262 g/mol. The van der Waals surface area contributed by atoms with Gasteiger partial charge in [-0.2, -0.15) is 0 Å². The van der Waals surface area contributed by atoms with Crippen LogP contribution in [0.4, 0.5) is 11.4 Å². The zero-order valence-corrected chi connectivity index (χ0v) is 13.8. The van der Waals surface area contributed by atoms with Gasteiger partial charge in [0.25, 0.3) is 5.91 Å². The number of anilines is 2. The minimum Gasteiger partial charge on any atom is -0.399 e. The van der Waals surface area contributed by atoms with Crippen molar-refractivity contribution >= 4 is 17.3 Å². The summed E-state index contributed by atoms with van der Waals surface area (Å²) in [4.78, 5) is 14.5. The average Bonchev–Trinajstić information content (AvgIpc) is 2.48. The van der Waals surface area contributed by atoms with E-state index >= 15 is 0 Å². The van der Waals surface area contributed by atoms with Crippen LogP contribution >= 0.6 is 0 Å². The first-order valence-corrected chi connectivity index (χ1v) is 7.99. The van der Waals surface area contributed by atoms with E-state index in [1.165, 1.54) is 0 Å². The fourth-order valence-corrected chi connectivity index (χ4v) is 2.51. The number of nitrogens with zero attached hydrogens (tertiary/aromatic N) is 1. The maximum absolute atomic E-state index is 12.2. The van der Waals surface area contributed by atoms with Crippen LogP contribution in [0.3, 0.4) is 0 Å². The second-order valence-electron chi connectivity index (χ2n) is 5.36. The second kappa shape index (κ2) is 8.55. The van der Waals surface area contributed by atoms with Crippen LogP contribution < -0.4 is 16.0 Å². The average molecular weight is 291 g/mol. The Balaban J connectivity index is 3.11. The lowest BCUT2D eigenvalue weighted by Gasteiger charge is -2.29. The summed E-state index contributed by atoms with van der Waals surface area (Å²) in [6, 6.07) is 5.53. The van der Waals surface area contributed by atoms with Gasteiger partial charge in [-0.1, -0.05) is 26.7 Å². The standard InChI is InChI=1S/C17H29N3O/c1-5-13(6-2)12-20(8-4)16-11-14(18)9-10-15(16)17(21)19-7-3/h9-11,13H,5-8,12,18H2,1-4H3,(H,19,21). The van der Waals surface area contributed by atoms with E-state index in [4.69, 9.17) is 5.73 Å². The zero-order valence-electron chi connectivity index (χ0n) is 13.8. The highest BCUT2D eigenvalue weighted by molar-refractivity contribution is 6.00. The molecule has 0 saturated heterocycles. The molecule has 0 spiro atoms. The van der Waals surface area contributed by atoms with Crippen molar-refractivity contribution in [3.8, 4) is 0 Å². The summed E-state index contributed by atoms with van der Waals surface area (Å²) in [7, 11) is 0. The van der Waals surface area contributed by atoms with E-state index in [1.54, 1.807) is 6.07 Å². The van der Waals surface area contributed by atoms with Crippen molar-refractivity contribution < 1.29 is 4.79 Å². The Morgan fingerprint density at radius 3 is 2.43 bits per heavy atom. The van der Waals surface area contributed by atoms with Crippen molar-refractivity contribution in [2.45, 2.75) is 40.5 Å². The molecule has 0 heterocycles. The predicted octanol–water partition coefficient (Wildman–Crippen LogP) is 3.28. The summed E-state index contributed by atoms with van der Waals surface area (Å²) in [5.41, 5.74) is 8.27. The predicted molar refractivity (Wildman–Crippen MR) is 90.8 cm³/mol. The largest absolute Gasteiger partial charge is 0.399 e. The van der Waals surface area contributed by atoms with Crippen LogP contribution in [0.15, 0.2) is 18.2 Å². The summed E-state index contributed by atoms with van der Waals surface area (Å²) in [5.74, 6) is 0.601. The molecule has 0 aliphatic rings. The first-order chi connectivity index (χ1) is 10.1. The quantitative estimate of drug-likeness (QED) is 0.723. The number of hydrogen-bond donors (Lipinski definition) is 2. The van der Waals surface area contributed by atoms with Crippen molar-refractivity contribution in [1.82, 2.24) is 5.32 Å². The first kappa shape index (κ1) is 17.3. The lowest BCUT2D eigenvalue weighted by Crippen LogP contribution is -2.32. The van der Waals surface area contributed by atoms with E-state index in [-0.39, 0.29) is 5.91 Å². The summed E-state index contributed by atoms with van der Waals surface area (Å²) < 4.78 is 0. The maximum atomic E-state index is 12.2. The molecule has 4 heteroatoms. The Labute approximate surface area is 128 Å². The Hall–Kier alpha value is -1.71. The minimum absolute atomic E-state index is 0.0319. The monoisotopic (exact) mass is 291 g/mol. The summed E-state index contributed by atoms with van der Waals surface area (Å²) in [5, 5.41) is 2.88. The van der Waals surface area contributed by atoms with Crippen molar-refractivity contribution in [2.24, 2.45) is 5.92 Å². The van der Waals surface area contributed by atoms with Crippen molar-refractivity contribution in [2.75, 3.05) is 30.3 Å². The van der Waals surface area contributed by atoms with E-state index in [9.17, 15) is 4.79 Å². The van der Waals surface area contributed by atoms with Crippen LogP contribution in [-0.2, 0) is 0 Å². The SMILES string of the molecule is CCNC(=O)c1ccc(N)cc1N(CC)CC(CC)CC. The Kier molecular flexibility index (Phi) is 7.06. The molecule has 0 saturated carbocycles. The molecule has 1 aromatic carbocycles. The molecule has 0 aliphatic heterocycles. The molecule has 118 valence electrons. The molecule has 0 bridgehead atoms. The van der Waals surface area contributed by atoms with Crippen LogP contribution in [0.2, 0.25) is 0 Å². The maximum Gasteiger partial charge on any atom is 0.253 e. The smallest absolute Gasteiger partial charge is 0.253 e. The van der Waals surface area contributed by atoms with Gasteiger partial charge >= 0.3 is 0 Å². The summed E-state index contributed by atoms with van der Waals surface area (Å²) >= 11 is 0. The Morgan fingerprint density at radius 2 is 1.90 bits per heavy atom. The number of amides is 1. The second-order valence-corrected chi connectivity index (χ2v) is 5.36. The number of nitrogens with two attached hydrogens (primary N) is 1. The Bertz CT molecular complexity index is 455. The molecule has 0 radical (unpaired) electrons. The molecule has 3 N–H and O–H groups in total. The third-order valence-corrected chi connectivity index (χ3v) is 3.96. The van der Waals surface area contributed by atoms with Gasteiger partial charge in [-0.05, 0) is 38.0 Å². The van der Waals surface area contributed by atoms with Crippen molar-refractivity contribution in [3.05, 3.63) is 23.8 Å². The topological polar surface area (TPSA) is 58.4 Å². The molecule has 4 nitrogen and oxygen atoms in total. The highest BCUT2D eigenvalue weighted by atomic mass is 16.1. The highest BCUT2D eigenvalue weighted by Crippen LogP contribution is 2.25. The van der Waals surface area contributed by atoms with E-state index in [0.29, 0.717) is 23.7 Å². The van der Waals surface area contributed by atoms with Gasteiger partial charge in [-0.3, -0.25) is 4.79 Å². The lowest BCUT2D eigenvalue weighted by molar-refractivity contribution is 0.0956. The molecule has 1 aromatic rings. The molecule has 21 heavy (non-hydrogen) atoms. The van der Waals surface area contributed by atoms with Gasteiger partial charge in [0.2, 0.25) is 0 Å². The van der Waals surface area contributed by atoms with Crippen LogP contribution in [0, 0.1) is 5.92 Å². The summed E-state index contributed by atoms with van der Waals surface area (Å²) in [6.07, 6.45) is 2.29. The minimum atomic E-state index is -0.0319. The Morgan fingerprint density at radius 1 is 1.24 bits per heavy atom. The van der Waals surface area contributed by atoms with Crippen LogP contribution in [0.1, 0.15) is 50.9 Å². The number of carbonyl (C=O) groups excluding carboxylic acids is 1. The van der Waals surface area contributed by atoms with Crippen molar-refractivity contribution in [1.29, 1.82) is 0 Å². The number of nitrogen functional groups attached to an aromatic ring is 1. The third kappa shape index (κ3) is 4.66. The van der Waals surface area contributed by atoms with Crippen molar-refractivity contribution in [3.63, 3.8) is 0 Å². The number of benzene rings is 1. The fraction of sp³-hybridized carbons (Fsp3) is 0.588.